The van der Waals surface area contributed by atoms with Gasteiger partial charge in [-0.25, -0.2) is 4.99 Å². The standard InChI is InChI=1S/C21H16N4S/c22-21-24(17-12-6-2-7-13-17)19(23-16-10-4-1-5-11-16)20(26)25(21)18-14-8-3-9-15-18/h1-15,22H. The summed E-state index contributed by atoms with van der Waals surface area (Å²) in [5.41, 5.74) is 2.50. The van der Waals surface area contributed by atoms with E-state index in [1.807, 2.05) is 91.0 Å². The van der Waals surface area contributed by atoms with Gasteiger partial charge >= 0.3 is 0 Å². The third-order valence-electron chi connectivity index (χ3n) is 4.05. The smallest absolute Gasteiger partial charge is 0.214 e. The molecule has 0 spiro atoms. The number of amidine groups is 1. The van der Waals surface area contributed by atoms with Crippen molar-refractivity contribution in [3.05, 3.63) is 91.0 Å². The SMILES string of the molecule is N=C1N(c2ccccc2)C(=S)C(=Nc2ccccc2)N1c1ccccc1. The maximum Gasteiger partial charge on any atom is 0.214 e. The van der Waals surface area contributed by atoms with E-state index in [-0.39, 0.29) is 5.96 Å². The normalized spacial score (nSPS) is 15.8. The second kappa shape index (κ2) is 6.90. The zero-order valence-corrected chi connectivity index (χ0v) is 14.7. The van der Waals surface area contributed by atoms with Gasteiger partial charge in [-0.05, 0) is 36.4 Å². The van der Waals surface area contributed by atoms with Gasteiger partial charge < -0.3 is 0 Å². The van der Waals surface area contributed by atoms with E-state index in [2.05, 4.69) is 0 Å². The molecule has 4 nitrogen and oxygen atoms in total. The number of aliphatic imine (C=N–C) groups is 1. The third kappa shape index (κ3) is 2.89. The van der Waals surface area contributed by atoms with Crippen LogP contribution in [0.4, 0.5) is 17.1 Å². The summed E-state index contributed by atoms with van der Waals surface area (Å²) in [5.74, 6) is 0.841. The van der Waals surface area contributed by atoms with Crippen molar-refractivity contribution in [3.63, 3.8) is 0 Å². The van der Waals surface area contributed by atoms with Crippen molar-refractivity contribution >= 4 is 46.1 Å². The molecule has 4 rings (SSSR count). The van der Waals surface area contributed by atoms with Crippen molar-refractivity contribution in [2.24, 2.45) is 4.99 Å². The molecule has 0 aliphatic carbocycles. The minimum atomic E-state index is 0.266. The number of nitrogens with zero attached hydrogens (tertiary/aromatic N) is 3. The van der Waals surface area contributed by atoms with Crippen LogP contribution >= 0.6 is 12.2 Å². The van der Waals surface area contributed by atoms with Crippen LogP contribution in [0.1, 0.15) is 0 Å². The summed E-state index contributed by atoms with van der Waals surface area (Å²) in [6, 6.07) is 29.1. The van der Waals surface area contributed by atoms with Crippen LogP contribution in [-0.2, 0) is 0 Å². The number of para-hydroxylation sites is 3. The molecule has 0 amide bonds. The molecule has 1 heterocycles. The molecular formula is C21H16N4S. The number of benzene rings is 3. The first-order chi connectivity index (χ1) is 12.8. The Morgan fingerprint density at radius 2 is 1.12 bits per heavy atom. The van der Waals surface area contributed by atoms with Gasteiger partial charge in [0.05, 0.1) is 11.4 Å². The van der Waals surface area contributed by atoms with Crippen LogP contribution in [0.25, 0.3) is 0 Å². The molecule has 0 aromatic heterocycles. The fraction of sp³-hybridized carbons (Fsp3) is 0. The first-order valence-corrected chi connectivity index (χ1v) is 8.63. The highest BCUT2D eigenvalue weighted by atomic mass is 32.1. The maximum atomic E-state index is 8.75. The number of anilines is 2. The molecular weight excluding hydrogens is 340 g/mol. The predicted molar refractivity (Wildman–Crippen MR) is 112 cm³/mol. The van der Waals surface area contributed by atoms with Gasteiger partial charge in [-0.15, -0.1) is 0 Å². The third-order valence-corrected chi connectivity index (χ3v) is 4.41. The highest BCUT2D eigenvalue weighted by Crippen LogP contribution is 2.29. The van der Waals surface area contributed by atoms with Crippen molar-refractivity contribution < 1.29 is 0 Å². The lowest BCUT2D eigenvalue weighted by Gasteiger charge is -2.20. The molecule has 3 aromatic rings. The van der Waals surface area contributed by atoms with E-state index in [0.29, 0.717) is 10.8 Å². The summed E-state index contributed by atoms with van der Waals surface area (Å²) in [6.45, 7) is 0. The average Bonchev–Trinajstić information content (AvgIpc) is 2.94. The summed E-state index contributed by atoms with van der Waals surface area (Å²) >= 11 is 5.71. The second-order valence-electron chi connectivity index (χ2n) is 5.74. The van der Waals surface area contributed by atoms with Crippen molar-refractivity contribution in [3.8, 4) is 0 Å². The summed E-state index contributed by atoms with van der Waals surface area (Å²) in [6.07, 6.45) is 0. The van der Waals surface area contributed by atoms with Gasteiger partial charge in [0.25, 0.3) is 0 Å². The van der Waals surface area contributed by atoms with Crippen LogP contribution in [-0.4, -0.2) is 16.8 Å². The molecule has 1 fully saturated rings. The van der Waals surface area contributed by atoms with Crippen LogP contribution in [0.5, 0.6) is 0 Å². The molecule has 26 heavy (non-hydrogen) atoms. The summed E-state index contributed by atoms with van der Waals surface area (Å²) in [4.78, 5) is 8.77. The minimum absolute atomic E-state index is 0.266. The molecule has 0 radical (unpaired) electrons. The Morgan fingerprint density at radius 1 is 0.654 bits per heavy atom. The number of nitrogens with one attached hydrogen (secondary N) is 1. The van der Waals surface area contributed by atoms with Crippen LogP contribution in [0, 0.1) is 5.41 Å². The quantitative estimate of drug-likeness (QED) is 0.671. The van der Waals surface area contributed by atoms with Gasteiger partial charge in [-0.2, -0.15) is 0 Å². The number of rotatable bonds is 3. The van der Waals surface area contributed by atoms with Gasteiger partial charge in [0.15, 0.2) is 10.8 Å². The summed E-state index contributed by atoms with van der Waals surface area (Å²) in [5, 5.41) is 8.75. The number of hydrogen-bond acceptors (Lipinski definition) is 3. The van der Waals surface area contributed by atoms with Gasteiger partial charge in [0.2, 0.25) is 5.96 Å². The Kier molecular flexibility index (Phi) is 4.29. The van der Waals surface area contributed by atoms with E-state index in [9.17, 15) is 0 Å². The van der Waals surface area contributed by atoms with E-state index >= 15 is 0 Å². The lowest BCUT2D eigenvalue weighted by atomic mass is 10.3. The highest BCUT2D eigenvalue weighted by molar-refractivity contribution is 7.82. The topological polar surface area (TPSA) is 42.7 Å². The Hall–Kier alpha value is -3.31. The van der Waals surface area contributed by atoms with Crippen LogP contribution in [0.3, 0.4) is 0 Å². The number of guanidine groups is 1. The second-order valence-corrected chi connectivity index (χ2v) is 6.13. The van der Waals surface area contributed by atoms with Gasteiger partial charge in [-0.3, -0.25) is 15.2 Å². The van der Waals surface area contributed by atoms with E-state index < -0.39 is 0 Å². The molecule has 1 N–H and O–H groups in total. The van der Waals surface area contributed by atoms with Crippen molar-refractivity contribution in [2.75, 3.05) is 9.80 Å². The molecule has 1 aliphatic heterocycles. The zero-order chi connectivity index (χ0) is 17.9. The Morgan fingerprint density at radius 3 is 1.65 bits per heavy atom. The van der Waals surface area contributed by atoms with Gasteiger partial charge in [0, 0.05) is 5.69 Å². The molecule has 1 aliphatic rings. The molecule has 0 atom stereocenters. The van der Waals surface area contributed by atoms with E-state index in [4.69, 9.17) is 22.6 Å². The van der Waals surface area contributed by atoms with Crippen molar-refractivity contribution in [1.82, 2.24) is 0 Å². The number of hydrogen-bond donors (Lipinski definition) is 1. The van der Waals surface area contributed by atoms with E-state index in [1.165, 1.54) is 0 Å². The van der Waals surface area contributed by atoms with Crippen LogP contribution in [0.2, 0.25) is 0 Å². The molecule has 0 saturated carbocycles. The largest absolute Gasteiger partial charge is 0.268 e. The monoisotopic (exact) mass is 356 g/mol. The van der Waals surface area contributed by atoms with Gasteiger partial charge in [-0.1, -0.05) is 66.8 Å². The Balaban J connectivity index is 1.85. The molecule has 0 bridgehead atoms. The lowest BCUT2D eigenvalue weighted by Crippen LogP contribution is -2.34. The predicted octanol–water partition coefficient (Wildman–Crippen LogP) is 5.01. The number of thiocarbonyl (C=S) groups is 1. The van der Waals surface area contributed by atoms with Crippen molar-refractivity contribution in [1.29, 1.82) is 5.41 Å². The summed E-state index contributed by atoms with van der Waals surface area (Å²) in [7, 11) is 0. The van der Waals surface area contributed by atoms with Crippen molar-refractivity contribution in [2.45, 2.75) is 0 Å². The molecule has 5 heteroatoms. The Labute approximate surface area is 157 Å². The molecule has 126 valence electrons. The fourth-order valence-corrected chi connectivity index (χ4v) is 3.18. The van der Waals surface area contributed by atoms with Gasteiger partial charge in [0.1, 0.15) is 0 Å². The first-order valence-electron chi connectivity index (χ1n) is 8.23. The molecule has 3 aromatic carbocycles. The first kappa shape index (κ1) is 16.2. The van der Waals surface area contributed by atoms with Crippen LogP contribution in [0.15, 0.2) is 96.0 Å². The Bertz CT molecular complexity index is 969. The van der Waals surface area contributed by atoms with Crippen LogP contribution < -0.4 is 9.80 Å². The van der Waals surface area contributed by atoms with E-state index in [1.54, 1.807) is 9.80 Å². The fourth-order valence-electron chi connectivity index (χ4n) is 2.85. The maximum absolute atomic E-state index is 8.75. The molecule has 0 unspecified atom stereocenters. The van der Waals surface area contributed by atoms with E-state index in [0.717, 1.165) is 17.1 Å². The zero-order valence-electron chi connectivity index (χ0n) is 13.9. The summed E-state index contributed by atoms with van der Waals surface area (Å²) < 4.78 is 0. The minimum Gasteiger partial charge on any atom is -0.268 e. The lowest BCUT2D eigenvalue weighted by molar-refractivity contribution is 1.30. The highest BCUT2D eigenvalue weighted by Gasteiger charge is 2.38. The molecule has 1 saturated heterocycles. The average molecular weight is 356 g/mol.